The van der Waals surface area contributed by atoms with E-state index in [9.17, 15) is 9.59 Å². The molecule has 0 radical (unpaired) electrons. The highest BCUT2D eigenvalue weighted by Crippen LogP contribution is 2.19. The second-order valence-electron chi connectivity index (χ2n) is 6.46. The van der Waals surface area contributed by atoms with Gasteiger partial charge in [-0.15, -0.1) is 0 Å². The van der Waals surface area contributed by atoms with Gasteiger partial charge in [0.05, 0.1) is 18.2 Å². The molecule has 3 aromatic rings. The van der Waals surface area contributed by atoms with Crippen molar-refractivity contribution in [2.24, 2.45) is 0 Å². The second-order valence-corrected chi connectivity index (χ2v) is 6.46. The van der Waals surface area contributed by atoms with E-state index in [0.717, 1.165) is 16.9 Å². The van der Waals surface area contributed by atoms with Gasteiger partial charge in [0.1, 0.15) is 5.69 Å². The Hall–Kier alpha value is -3.67. The van der Waals surface area contributed by atoms with Crippen LogP contribution in [0.2, 0.25) is 0 Å². The van der Waals surface area contributed by atoms with Crippen molar-refractivity contribution >= 4 is 23.3 Å². The third kappa shape index (κ3) is 5.42. The number of carbonyl (C=O) groups excluding carboxylic acids is 2. The summed E-state index contributed by atoms with van der Waals surface area (Å²) in [7, 11) is 0. The molecular weight excluding hydrogens is 366 g/mol. The number of aromatic nitrogens is 1. The quantitative estimate of drug-likeness (QED) is 0.582. The number of hydrogen-bond acceptors (Lipinski definition) is 5. The zero-order valence-electron chi connectivity index (χ0n) is 16.4. The first-order chi connectivity index (χ1) is 14.1. The molecule has 0 aliphatic heterocycles. The van der Waals surface area contributed by atoms with Gasteiger partial charge in [-0.25, -0.2) is 4.79 Å². The highest BCUT2D eigenvalue weighted by Gasteiger charge is 2.13. The minimum absolute atomic E-state index is 0.127. The number of nitrogens with one attached hydrogen (secondary N) is 2. The summed E-state index contributed by atoms with van der Waals surface area (Å²) in [5.41, 5.74) is 3.34. The molecule has 0 saturated heterocycles. The summed E-state index contributed by atoms with van der Waals surface area (Å²) in [6.07, 6.45) is 1.58. The van der Waals surface area contributed by atoms with Crippen LogP contribution in [-0.2, 0) is 4.74 Å². The first kappa shape index (κ1) is 20.1. The van der Waals surface area contributed by atoms with E-state index in [-0.39, 0.29) is 17.9 Å². The van der Waals surface area contributed by atoms with Crippen molar-refractivity contribution in [3.05, 3.63) is 89.7 Å². The molecule has 29 heavy (non-hydrogen) atoms. The lowest BCUT2D eigenvalue weighted by Crippen LogP contribution is -2.27. The molecule has 0 aliphatic carbocycles. The van der Waals surface area contributed by atoms with Gasteiger partial charge >= 0.3 is 5.97 Å². The molecule has 0 bridgehead atoms. The Labute approximate surface area is 169 Å². The summed E-state index contributed by atoms with van der Waals surface area (Å²) in [6, 6.07) is 20.0. The number of anilines is 2. The molecule has 6 heteroatoms. The fraction of sp³-hybridized carbons (Fsp3) is 0.174. The summed E-state index contributed by atoms with van der Waals surface area (Å²) < 4.78 is 4.98. The number of hydrogen-bond donors (Lipinski definition) is 2. The van der Waals surface area contributed by atoms with Crippen LogP contribution in [0.25, 0.3) is 0 Å². The standard InChI is InChI=1S/C23H23N3O3/c1-3-29-23(28)18-9-11-19(12-10-18)26-20-13-14-24-21(15-20)22(27)25-16(2)17-7-5-4-6-8-17/h4-16H,3H2,1-2H3,(H,24,26)(H,25,27). The van der Waals surface area contributed by atoms with Crippen LogP contribution >= 0.6 is 0 Å². The van der Waals surface area contributed by atoms with E-state index >= 15 is 0 Å². The number of ether oxygens (including phenoxy) is 1. The lowest BCUT2D eigenvalue weighted by Gasteiger charge is -2.14. The van der Waals surface area contributed by atoms with Gasteiger partial charge in [-0.05, 0) is 55.8 Å². The summed E-state index contributed by atoms with van der Waals surface area (Å²) in [5.74, 6) is -0.600. The van der Waals surface area contributed by atoms with E-state index in [1.807, 2.05) is 37.3 Å². The molecule has 3 rings (SSSR count). The molecule has 0 saturated carbocycles. The molecule has 1 atom stereocenters. The number of amides is 1. The number of pyridine rings is 1. The van der Waals surface area contributed by atoms with Crippen molar-refractivity contribution in [2.75, 3.05) is 11.9 Å². The van der Waals surface area contributed by atoms with Gasteiger partial charge in [0, 0.05) is 17.6 Å². The van der Waals surface area contributed by atoms with Crippen molar-refractivity contribution in [1.82, 2.24) is 10.3 Å². The molecule has 1 unspecified atom stereocenters. The average molecular weight is 389 g/mol. The topological polar surface area (TPSA) is 80.3 Å². The van der Waals surface area contributed by atoms with Gasteiger partial charge in [-0.3, -0.25) is 9.78 Å². The monoisotopic (exact) mass is 389 g/mol. The molecule has 6 nitrogen and oxygen atoms in total. The van der Waals surface area contributed by atoms with Crippen LogP contribution in [0.3, 0.4) is 0 Å². The fourth-order valence-corrected chi connectivity index (χ4v) is 2.80. The number of carbonyl (C=O) groups is 2. The Bertz CT molecular complexity index is 972. The van der Waals surface area contributed by atoms with Crippen molar-refractivity contribution in [1.29, 1.82) is 0 Å². The fourth-order valence-electron chi connectivity index (χ4n) is 2.80. The Morgan fingerprint density at radius 1 is 1.00 bits per heavy atom. The zero-order valence-corrected chi connectivity index (χ0v) is 16.4. The first-order valence-corrected chi connectivity index (χ1v) is 9.43. The Kier molecular flexibility index (Phi) is 6.58. The Balaban J connectivity index is 1.66. The molecule has 2 N–H and O–H groups in total. The summed E-state index contributed by atoms with van der Waals surface area (Å²) >= 11 is 0. The number of rotatable bonds is 7. The maximum atomic E-state index is 12.6. The van der Waals surface area contributed by atoms with Gasteiger partial charge in [0.2, 0.25) is 0 Å². The zero-order chi connectivity index (χ0) is 20.6. The van der Waals surface area contributed by atoms with Gasteiger partial charge in [0.15, 0.2) is 0 Å². The molecule has 1 aromatic heterocycles. The average Bonchev–Trinajstić information content (AvgIpc) is 2.75. The van der Waals surface area contributed by atoms with Crippen LogP contribution in [0.15, 0.2) is 72.9 Å². The van der Waals surface area contributed by atoms with Gasteiger partial charge in [-0.1, -0.05) is 30.3 Å². The molecule has 0 fully saturated rings. The second kappa shape index (κ2) is 9.50. The third-order valence-corrected chi connectivity index (χ3v) is 4.32. The van der Waals surface area contributed by atoms with E-state index < -0.39 is 0 Å². The molecule has 148 valence electrons. The van der Waals surface area contributed by atoms with Gasteiger partial charge in [0.25, 0.3) is 5.91 Å². The first-order valence-electron chi connectivity index (χ1n) is 9.43. The molecule has 0 spiro atoms. The van der Waals surface area contributed by atoms with Crippen molar-refractivity contribution in [2.45, 2.75) is 19.9 Å². The lowest BCUT2D eigenvalue weighted by molar-refractivity contribution is 0.0526. The molecule has 1 heterocycles. The number of esters is 1. The number of nitrogens with zero attached hydrogens (tertiary/aromatic N) is 1. The predicted molar refractivity (Wildman–Crippen MR) is 112 cm³/mol. The van der Waals surface area contributed by atoms with E-state index in [1.54, 1.807) is 49.5 Å². The maximum Gasteiger partial charge on any atom is 0.338 e. The van der Waals surface area contributed by atoms with E-state index in [2.05, 4.69) is 15.6 Å². The maximum absolute atomic E-state index is 12.6. The van der Waals surface area contributed by atoms with Gasteiger partial charge < -0.3 is 15.4 Å². The highest BCUT2D eigenvalue weighted by atomic mass is 16.5. The normalized spacial score (nSPS) is 11.4. The van der Waals surface area contributed by atoms with Crippen molar-refractivity contribution in [3.8, 4) is 0 Å². The Morgan fingerprint density at radius 2 is 1.72 bits per heavy atom. The van der Waals surface area contributed by atoms with Crippen LogP contribution < -0.4 is 10.6 Å². The Morgan fingerprint density at radius 3 is 2.41 bits per heavy atom. The van der Waals surface area contributed by atoms with Crippen LogP contribution in [0, 0.1) is 0 Å². The van der Waals surface area contributed by atoms with Crippen LogP contribution in [0.1, 0.15) is 46.3 Å². The summed E-state index contributed by atoms with van der Waals surface area (Å²) in [6.45, 7) is 4.04. The molecule has 2 aromatic carbocycles. The minimum Gasteiger partial charge on any atom is -0.462 e. The minimum atomic E-state index is -0.352. The summed E-state index contributed by atoms with van der Waals surface area (Å²) in [4.78, 5) is 28.5. The number of benzene rings is 2. The largest absolute Gasteiger partial charge is 0.462 e. The molecular formula is C23H23N3O3. The lowest BCUT2D eigenvalue weighted by atomic mass is 10.1. The summed E-state index contributed by atoms with van der Waals surface area (Å²) in [5, 5.41) is 6.17. The molecule has 0 aliphatic rings. The van der Waals surface area contributed by atoms with Crippen LogP contribution in [0.4, 0.5) is 11.4 Å². The molecule has 1 amide bonds. The predicted octanol–water partition coefficient (Wildman–Crippen LogP) is 4.49. The van der Waals surface area contributed by atoms with Crippen molar-refractivity contribution in [3.63, 3.8) is 0 Å². The van der Waals surface area contributed by atoms with Crippen LogP contribution in [-0.4, -0.2) is 23.5 Å². The van der Waals surface area contributed by atoms with E-state index in [4.69, 9.17) is 4.74 Å². The van der Waals surface area contributed by atoms with E-state index in [1.165, 1.54) is 0 Å². The van der Waals surface area contributed by atoms with Crippen LogP contribution in [0.5, 0.6) is 0 Å². The third-order valence-electron chi connectivity index (χ3n) is 4.32. The SMILES string of the molecule is CCOC(=O)c1ccc(Nc2ccnc(C(=O)NC(C)c3ccccc3)c2)cc1. The van der Waals surface area contributed by atoms with Gasteiger partial charge in [-0.2, -0.15) is 0 Å². The van der Waals surface area contributed by atoms with Crippen molar-refractivity contribution < 1.29 is 14.3 Å². The smallest absolute Gasteiger partial charge is 0.338 e. The van der Waals surface area contributed by atoms with E-state index in [0.29, 0.717) is 17.9 Å². The highest BCUT2D eigenvalue weighted by molar-refractivity contribution is 5.93.